The molecule has 0 aliphatic rings. The maximum absolute atomic E-state index is 6.12. The van der Waals surface area contributed by atoms with Gasteiger partial charge in [0.25, 0.3) is 0 Å². The normalized spacial score (nSPS) is 10.6. The Morgan fingerprint density at radius 1 is 1.29 bits per heavy atom. The molecule has 0 amide bonds. The summed E-state index contributed by atoms with van der Waals surface area (Å²) in [5, 5.41) is 5.98. The Morgan fingerprint density at radius 3 is 2.92 bits per heavy atom. The molecule has 0 unspecified atom stereocenters. The molecule has 0 fully saturated rings. The van der Waals surface area contributed by atoms with E-state index in [1.165, 1.54) is 11.2 Å². The fourth-order valence-electron chi connectivity index (χ4n) is 2.15. The number of rotatable bonds is 6. The molecule has 0 saturated carbocycles. The number of aromatic nitrogens is 2. The number of aryl methyl sites for hydroxylation is 1. The molecule has 0 aliphatic heterocycles. The molecule has 24 heavy (non-hydrogen) atoms. The van der Waals surface area contributed by atoms with Crippen LogP contribution in [0.5, 0.6) is 11.6 Å². The van der Waals surface area contributed by atoms with E-state index in [1.54, 1.807) is 23.5 Å². The monoisotopic (exact) mass is 360 g/mol. The average molecular weight is 361 g/mol. The van der Waals surface area contributed by atoms with Crippen LogP contribution in [0.4, 0.5) is 11.5 Å². The zero-order valence-corrected chi connectivity index (χ0v) is 14.7. The largest absolute Gasteiger partial charge is 0.437 e. The first-order chi connectivity index (χ1) is 11.6. The van der Waals surface area contributed by atoms with Gasteiger partial charge in [0.2, 0.25) is 5.88 Å². The Bertz CT molecular complexity index is 823. The SMILES string of the molecule is Cc1cc(Oc2ncnc(NCCc3cccs3)c2N)ccc1Cl. The first-order valence-electron chi connectivity index (χ1n) is 7.44. The maximum Gasteiger partial charge on any atom is 0.248 e. The highest BCUT2D eigenvalue weighted by atomic mass is 35.5. The van der Waals surface area contributed by atoms with Gasteiger partial charge in [-0.25, -0.2) is 4.98 Å². The van der Waals surface area contributed by atoms with Crippen molar-refractivity contribution in [2.24, 2.45) is 0 Å². The average Bonchev–Trinajstić information content (AvgIpc) is 3.08. The molecule has 5 nitrogen and oxygen atoms in total. The lowest BCUT2D eigenvalue weighted by atomic mass is 10.2. The van der Waals surface area contributed by atoms with E-state index in [1.807, 2.05) is 19.1 Å². The summed E-state index contributed by atoms with van der Waals surface area (Å²) in [6.07, 6.45) is 2.34. The maximum atomic E-state index is 6.12. The summed E-state index contributed by atoms with van der Waals surface area (Å²) in [6, 6.07) is 9.55. The van der Waals surface area contributed by atoms with Crippen LogP contribution < -0.4 is 15.8 Å². The van der Waals surface area contributed by atoms with Gasteiger partial charge in [-0.05, 0) is 48.6 Å². The molecule has 2 aromatic heterocycles. The van der Waals surface area contributed by atoms with Crippen LogP contribution in [0.25, 0.3) is 0 Å². The lowest BCUT2D eigenvalue weighted by molar-refractivity contribution is 0.464. The molecule has 0 radical (unpaired) electrons. The van der Waals surface area contributed by atoms with Gasteiger partial charge in [0.1, 0.15) is 17.8 Å². The third kappa shape index (κ3) is 3.96. The summed E-state index contributed by atoms with van der Waals surface area (Å²) in [4.78, 5) is 9.61. The summed E-state index contributed by atoms with van der Waals surface area (Å²) in [7, 11) is 0. The topological polar surface area (TPSA) is 73.1 Å². The third-order valence-corrected chi connectivity index (χ3v) is 4.80. The molecule has 1 aromatic carbocycles. The number of hydrogen-bond acceptors (Lipinski definition) is 6. The lowest BCUT2D eigenvalue weighted by Gasteiger charge is -2.12. The number of nitrogens with one attached hydrogen (secondary N) is 1. The van der Waals surface area contributed by atoms with Crippen molar-refractivity contribution in [3.63, 3.8) is 0 Å². The molecule has 3 aromatic rings. The highest BCUT2D eigenvalue weighted by Crippen LogP contribution is 2.30. The van der Waals surface area contributed by atoms with Crippen LogP contribution in [-0.2, 0) is 6.42 Å². The second kappa shape index (κ2) is 7.51. The summed E-state index contributed by atoms with van der Waals surface area (Å²) in [5.41, 5.74) is 7.44. The second-order valence-electron chi connectivity index (χ2n) is 5.21. The van der Waals surface area contributed by atoms with Crippen LogP contribution in [0, 0.1) is 6.92 Å². The smallest absolute Gasteiger partial charge is 0.248 e. The van der Waals surface area contributed by atoms with Gasteiger partial charge in [-0.3, -0.25) is 0 Å². The van der Waals surface area contributed by atoms with Gasteiger partial charge in [0, 0.05) is 16.4 Å². The van der Waals surface area contributed by atoms with Crippen molar-refractivity contribution >= 4 is 34.4 Å². The number of thiophene rings is 1. The Morgan fingerprint density at radius 2 is 2.17 bits per heavy atom. The van der Waals surface area contributed by atoms with Crippen molar-refractivity contribution in [2.75, 3.05) is 17.6 Å². The lowest BCUT2D eigenvalue weighted by Crippen LogP contribution is -2.09. The summed E-state index contributed by atoms with van der Waals surface area (Å²) < 4.78 is 5.77. The van der Waals surface area contributed by atoms with Gasteiger partial charge in [-0.2, -0.15) is 4.98 Å². The Labute approximate surface area is 149 Å². The predicted octanol–water partition coefficient (Wildman–Crippen LogP) is 4.53. The number of nitrogens with zero attached hydrogens (tertiary/aromatic N) is 2. The zero-order chi connectivity index (χ0) is 16.9. The molecule has 3 N–H and O–H groups in total. The fourth-order valence-corrected chi connectivity index (χ4v) is 2.98. The van der Waals surface area contributed by atoms with Gasteiger partial charge in [-0.15, -0.1) is 11.3 Å². The number of ether oxygens (including phenoxy) is 1. The molecule has 7 heteroatoms. The van der Waals surface area contributed by atoms with E-state index in [2.05, 4.69) is 26.7 Å². The number of hydrogen-bond donors (Lipinski definition) is 2. The Kier molecular flexibility index (Phi) is 5.17. The molecular weight excluding hydrogens is 344 g/mol. The van der Waals surface area contributed by atoms with E-state index in [9.17, 15) is 0 Å². The molecule has 0 atom stereocenters. The van der Waals surface area contributed by atoms with Crippen molar-refractivity contribution in [1.29, 1.82) is 0 Å². The van der Waals surface area contributed by atoms with E-state index in [0.29, 0.717) is 28.2 Å². The van der Waals surface area contributed by atoms with E-state index < -0.39 is 0 Å². The summed E-state index contributed by atoms with van der Waals surface area (Å²) in [5.74, 6) is 1.53. The minimum Gasteiger partial charge on any atom is -0.437 e. The quantitative estimate of drug-likeness (QED) is 0.675. The Balaban J connectivity index is 1.69. The third-order valence-electron chi connectivity index (χ3n) is 3.44. The Hall–Kier alpha value is -2.31. The number of anilines is 2. The highest BCUT2D eigenvalue weighted by Gasteiger charge is 2.10. The van der Waals surface area contributed by atoms with Crippen molar-refractivity contribution < 1.29 is 4.74 Å². The van der Waals surface area contributed by atoms with Crippen molar-refractivity contribution in [1.82, 2.24) is 9.97 Å². The van der Waals surface area contributed by atoms with E-state index >= 15 is 0 Å². The van der Waals surface area contributed by atoms with Crippen LogP contribution in [0.1, 0.15) is 10.4 Å². The fraction of sp³-hybridized carbons (Fsp3) is 0.176. The molecule has 2 heterocycles. The van der Waals surface area contributed by atoms with Crippen molar-refractivity contribution in [2.45, 2.75) is 13.3 Å². The molecular formula is C17H17ClN4OS. The number of nitrogens with two attached hydrogens (primary N) is 1. The highest BCUT2D eigenvalue weighted by molar-refractivity contribution is 7.09. The molecule has 3 rings (SSSR count). The van der Waals surface area contributed by atoms with E-state index in [0.717, 1.165) is 18.5 Å². The molecule has 0 spiro atoms. The number of halogens is 1. The van der Waals surface area contributed by atoms with Crippen LogP contribution in [0.3, 0.4) is 0 Å². The minimum absolute atomic E-state index is 0.324. The van der Waals surface area contributed by atoms with Crippen LogP contribution in [0.15, 0.2) is 42.0 Å². The van der Waals surface area contributed by atoms with Gasteiger partial charge < -0.3 is 15.8 Å². The minimum atomic E-state index is 0.324. The van der Waals surface area contributed by atoms with Crippen LogP contribution in [-0.4, -0.2) is 16.5 Å². The standard InChI is InChI=1S/C17H17ClN4OS/c1-11-9-12(4-5-14(11)18)23-17-15(19)16(21-10-22-17)20-7-6-13-3-2-8-24-13/h2-5,8-10H,6-7,19H2,1H3,(H,20,21,22). The van der Waals surface area contributed by atoms with E-state index in [-0.39, 0.29) is 0 Å². The van der Waals surface area contributed by atoms with Crippen LogP contribution >= 0.6 is 22.9 Å². The van der Waals surface area contributed by atoms with Crippen molar-refractivity contribution in [3.8, 4) is 11.6 Å². The number of benzene rings is 1. The predicted molar refractivity (Wildman–Crippen MR) is 99.2 cm³/mol. The van der Waals surface area contributed by atoms with Gasteiger partial charge >= 0.3 is 0 Å². The summed E-state index contributed by atoms with van der Waals surface area (Å²) in [6.45, 7) is 2.65. The summed E-state index contributed by atoms with van der Waals surface area (Å²) >= 11 is 7.75. The van der Waals surface area contributed by atoms with Crippen molar-refractivity contribution in [3.05, 3.63) is 57.5 Å². The first kappa shape index (κ1) is 16.5. The number of nitrogen functional groups attached to an aromatic ring is 1. The van der Waals surface area contributed by atoms with E-state index in [4.69, 9.17) is 22.1 Å². The van der Waals surface area contributed by atoms with Crippen LogP contribution in [0.2, 0.25) is 5.02 Å². The molecule has 0 aliphatic carbocycles. The van der Waals surface area contributed by atoms with Gasteiger partial charge in [0.15, 0.2) is 5.82 Å². The second-order valence-corrected chi connectivity index (χ2v) is 6.65. The molecule has 0 bridgehead atoms. The molecule has 124 valence electrons. The van der Waals surface area contributed by atoms with Gasteiger partial charge in [-0.1, -0.05) is 17.7 Å². The first-order valence-corrected chi connectivity index (χ1v) is 8.70. The zero-order valence-electron chi connectivity index (χ0n) is 13.1. The molecule has 0 saturated heterocycles. The van der Waals surface area contributed by atoms with Gasteiger partial charge in [0.05, 0.1) is 0 Å².